The summed E-state index contributed by atoms with van der Waals surface area (Å²) in [4.78, 5) is 48.7. The minimum atomic E-state index is -1.03. The molecule has 0 radical (unpaired) electrons. The highest BCUT2D eigenvalue weighted by Crippen LogP contribution is 2.34. The highest BCUT2D eigenvalue weighted by Gasteiger charge is 2.36. The molecule has 0 aliphatic heterocycles. The van der Waals surface area contributed by atoms with Crippen LogP contribution < -0.4 is 0 Å². The zero-order valence-corrected chi connectivity index (χ0v) is 17.4. The third-order valence-corrected chi connectivity index (χ3v) is 4.93. The lowest BCUT2D eigenvalue weighted by molar-refractivity contribution is -0.384. The van der Waals surface area contributed by atoms with E-state index in [0.29, 0.717) is 10.6 Å². The number of nitro groups is 1. The van der Waals surface area contributed by atoms with Crippen LogP contribution in [0.15, 0.2) is 48.5 Å². The number of carbonyl (C=O) groups excluding carboxylic acids is 3. The predicted octanol–water partition coefficient (Wildman–Crippen LogP) is 4.76. The third kappa shape index (κ3) is 5.73. The zero-order chi connectivity index (χ0) is 22.3. The van der Waals surface area contributed by atoms with Gasteiger partial charge in [0.15, 0.2) is 5.78 Å². The van der Waals surface area contributed by atoms with Crippen molar-refractivity contribution < 1.29 is 24.0 Å². The van der Waals surface area contributed by atoms with Gasteiger partial charge in [0.1, 0.15) is 5.78 Å². The van der Waals surface area contributed by atoms with Gasteiger partial charge in [-0.3, -0.25) is 24.5 Å². The minimum Gasteiger partial charge on any atom is -0.466 e. The molecule has 7 nitrogen and oxygen atoms in total. The van der Waals surface area contributed by atoms with Crippen LogP contribution in [0.3, 0.4) is 0 Å². The lowest BCUT2D eigenvalue weighted by atomic mass is 9.76. The molecule has 0 aliphatic rings. The summed E-state index contributed by atoms with van der Waals surface area (Å²) in [5.41, 5.74) is 0.536. The Hall–Kier alpha value is -3.06. The van der Waals surface area contributed by atoms with Crippen LogP contribution in [0.5, 0.6) is 0 Å². The van der Waals surface area contributed by atoms with Crippen LogP contribution in [-0.4, -0.2) is 29.1 Å². The van der Waals surface area contributed by atoms with Crippen LogP contribution in [0.4, 0.5) is 5.69 Å². The average Bonchev–Trinajstić information content (AvgIpc) is 2.73. The highest BCUT2D eigenvalue weighted by atomic mass is 35.5. The van der Waals surface area contributed by atoms with Crippen LogP contribution in [0.25, 0.3) is 0 Å². The largest absolute Gasteiger partial charge is 0.466 e. The maximum atomic E-state index is 13.3. The van der Waals surface area contributed by atoms with E-state index in [1.54, 1.807) is 38.1 Å². The molecule has 0 N–H and O–H groups in total. The first-order valence-corrected chi connectivity index (χ1v) is 9.88. The number of nitrogens with zero attached hydrogens (tertiary/aromatic N) is 1. The number of halogens is 1. The van der Waals surface area contributed by atoms with Crippen molar-refractivity contribution in [3.63, 3.8) is 0 Å². The standard InChI is InChI=1S/C22H22ClNO6/c1-3-19(25)21(15-6-5-7-16(23)12-15)18(13-20(26)30-4-2)22(27)14-8-10-17(11-9-14)24(28)29/h5-12,18,21H,3-4,13H2,1-2H3. The lowest BCUT2D eigenvalue weighted by Crippen LogP contribution is -2.31. The quantitative estimate of drug-likeness (QED) is 0.232. The number of benzene rings is 2. The number of Topliss-reactive ketones (excluding diaryl/α,β-unsaturated/α-hetero) is 2. The molecule has 2 aromatic carbocycles. The van der Waals surface area contributed by atoms with E-state index in [9.17, 15) is 24.5 Å². The van der Waals surface area contributed by atoms with E-state index in [0.717, 1.165) is 0 Å². The first-order valence-electron chi connectivity index (χ1n) is 9.50. The van der Waals surface area contributed by atoms with Crippen molar-refractivity contribution in [2.75, 3.05) is 6.61 Å². The Morgan fingerprint density at radius 2 is 1.77 bits per heavy atom. The van der Waals surface area contributed by atoms with Gasteiger partial charge >= 0.3 is 5.97 Å². The number of hydrogen-bond acceptors (Lipinski definition) is 6. The van der Waals surface area contributed by atoms with E-state index in [1.165, 1.54) is 24.3 Å². The van der Waals surface area contributed by atoms with E-state index in [1.807, 2.05) is 0 Å². The summed E-state index contributed by atoms with van der Waals surface area (Å²) in [6.07, 6.45) is -0.142. The van der Waals surface area contributed by atoms with Crippen molar-refractivity contribution in [1.82, 2.24) is 0 Å². The molecule has 0 amide bonds. The van der Waals surface area contributed by atoms with Crippen LogP contribution in [0.1, 0.15) is 48.5 Å². The van der Waals surface area contributed by atoms with Gasteiger partial charge in [-0.25, -0.2) is 0 Å². The van der Waals surface area contributed by atoms with E-state index < -0.39 is 28.5 Å². The molecule has 0 aromatic heterocycles. The fraction of sp³-hybridized carbons (Fsp3) is 0.318. The van der Waals surface area contributed by atoms with Crippen molar-refractivity contribution in [3.05, 3.63) is 74.8 Å². The number of nitro benzene ring substituents is 1. The summed E-state index contributed by atoms with van der Waals surface area (Å²) in [6, 6.07) is 11.7. The van der Waals surface area contributed by atoms with Crippen molar-refractivity contribution in [3.8, 4) is 0 Å². The molecule has 0 bridgehead atoms. The van der Waals surface area contributed by atoms with E-state index in [4.69, 9.17) is 16.3 Å². The lowest BCUT2D eigenvalue weighted by Gasteiger charge is -2.25. The average molecular weight is 432 g/mol. The molecule has 0 aliphatic carbocycles. The molecular weight excluding hydrogens is 410 g/mol. The molecule has 0 saturated heterocycles. The molecule has 30 heavy (non-hydrogen) atoms. The maximum absolute atomic E-state index is 13.3. The SMILES string of the molecule is CCOC(=O)CC(C(=O)c1ccc([N+](=O)[O-])cc1)C(C(=O)CC)c1cccc(Cl)c1. The molecule has 0 spiro atoms. The number of non-ortho nitro benzene ring substituents is 1. The van der Waals surface area contributed by atoms with Gasteiger partial charge in [0.25, 0.3) is 5.69 Å². The molecule has 2 aromatic rings. The number of ketones is 2. The van der Waals surface area contributed by atoms with Crippen molar-refractivity contribution >= 4 is 34.8 Å². The van der Waals surface area contributed by atoms with Gasteiger partial charge in [-0.1, -0.05) is 30.7 Å². The first-order chi connectivity index (χ1) is 14.3. The summed E-state index contributed by atoms with van der Waals surface area (Å²) in [6.45, 7) is 3.47. The van der Waals surface area contributed by atoms with Gasteiger partial charge < -0.3 is 4.74 Å². The summed E-state index contributed by atoms with van der Waals surface area (Å²) >= 11 is 6.09. The monoisotopic (exact) mass is 431 g/mol. The van der Waals surface area contributed by atoms with Gasteiger partial charge in [-0.15, -0.1) is 0 Å². The predicted molar refractivity (Wildman–Crippen MR) is 112 cm³/mol. The van der Waals surface area contributed by atoms with Gasteiger partial charge in [0.05, 0.1) is 23.9 Å². The van der Waals surface area contributed by atoms with Gasteiger partial charge in [-0.2, -0.15) is 0 Å². The fourth-order valence-electron chi connectivity index (χ4n) is 3.29. The number of ether oxygens (including phenoxy) is 1. The minimum absolute atomic E-state index is 0.140. The van der Waals surface area contributed by atoms with Gasteiger partial charge in [0.2, 0.25) is 0 Å². The normalized spacial score (nSPS) is 12.6. The van der Waals surface area contributed by atoms with Crippen molar-refractivity contribution in [2.45, 2.75) is 32.6 Å². The van der Waals surface area contributed by atoms with Crippen LogP contribution in [-0.2, 0) is 14.3 Å². The topological polar surface area (TPSA) is 104 Å². The van der Waals surface area contributed by atoms with E-state index >= 15 is 0 Å². The van der Waals surface area contributed by atoms with Crippen molar-refractivity contribution in [2.24, 2.45) is 5.92 Å². The first kappa shape index (κ1) is 23.2. The molecule has 2 unspecified atom stereocenters. The fourth-order valence-corrected chi connectivity index (χ4v) is 3.48. The molecule has 0 heterocycles. The number of rotatable bonds is 10. The summed E-state index contributed by atoms with van der Waals surface area (Å²) in [5.74, 6) is -3.22. The Balaban J connectivity index is 2.52. The summed E-state index contributed by atoms with van der Waals surface area (Å²) < 4.78 is 5.01. The second kappa shape index (κ2) is 10.6. The van der Waals surface area contributed by atoms with Gasteiger partial charge in [0, 0.05) is 35.1 Å². The number of esters is 1. The Bertz CT molecular complexity index is 941. The Morgan fingerprint density at radius 1 is 1.10 bits per heavy atom. The van der Waals surface area contributed by atoms with Gasteiger partial charge in [-0.05, 0) is 36.8 Å². The molecule has 2 rings (SSSR count). The Labute approximate surface area is 179 Å². The molecule has 0 saturated carbocycles. The summed E-state index contributed by atoms with van der Waals surface area (Å²) in [7, 11) is 0. The Morgan fingerprint density at radius 3 is 2.30 bits per heavy atom. The number of hydrogen-bond donors (Lipinski definition) is 0. The smallest absolute Gasteiger partial charge is 0.306 e. The Kier molecular flexibility index (Phi) is 8.24. The van der Waals surface area contributed by atoms with E-state index in [-0.39, 0.29) is 36.5 Å². The molecule has 158 valence electrons. The van der Waals surface area contributed by atoms with Crippen molar-refractivity contribution in [1.29, 1.82) is 0 Å². The molecule has 0 fully saturated rings. The highest BCUT2D eigenvalue weighted by molar-refractivity contribution is 6.30. The molecule has 2 atom stereocenters. The number of carbonyl (C=O) groups is 3. The van der Waals surface area contributed by atoms with E-state index in [2.05, 4.69) is 0 Å². The molecular formula is C22H22ClNO6. The summed E-state index contributed by atoms with van der Waals surface area (Å²) in [5, 5.41) is 11.3. The van der Waals surface area contributed by atoms with Crippen LogP contribution in [0, 0.1) is 16.0 Å². The van der Waals surface area contributed by atoms with Crippen LogP contribution >= 0.6 is 11.6 Å². The maximum Gasteiger partial charge on any atom is 0.306 e. The third-order valence-electron chi connectivity index (χ3n) is 4.70. The zero-order valence-electron chi connectivity index (χ0n) is 16.7. The second-order valence-electron chi connectivity index (χ2n) is 6.64. The molecule has 8 heteroatoms. The second-order valence-corrected chi connectivity index (χ2v) is 7.07. The van der Waals surface area contributed by atoms with Crippen LogP contribution in [0.2, 0.25) is 5.02 Å².